The number of carbonyl (C=O) groups is 1. The predicted molar refractivity (Wildman–Crippen MR) is 94.6 cm³/mol. The average molecular weight is 341 g/mol. The van der Waals surface area contributed by atoms with Gasteiger partial charge in [0.15, 0.2) is 0 Å². The van der Waals surface area contributed by atoms with Crippen molar-refractivity contribution in [3.8, 4) is 5.88 Å². The second-order valence-corrected chi connectivity index (χ2v) is 6.43. The molecule has 3 rings (SSSR count). The summed E-state index contributed by atoms with van der Waals surface area (Å²) in [5.41, 5.74) is 1.06. The van der Waals surface area contributed by atoms with Gasteiger partial charge in [0.05, 0.1) is 0 Å². The summed E-state index contributed by atoms with van der Waals surface area (Å²) < 4.78 is 7.37. The van der Waals surface area contributed by atoms with E-state index in [9.17, 15) is 9.59 Å². The molecule has 2 aromatic rings. The molecule has 2 aromatic heterocycles. The summed E-state index contributed by atoms with van der Waals surface area (Å²) in [6, 6.07) is 6.66. The lowest BCUT2D eigenvalue weighted by Crippen LogP contribution is -2.26. The summed E-state index contributed by atoms with van der Waals surface area (Å²) in [5, 5.41) is 2.82. The van der Waals surface area contributed by atoms with Crippen molar-refractivity contribution in [2.24, 2.45) is 7.05 Å². The molecule has 0 aliphatic heterocycles. The van der Waals surface area contributed by atoms with Crippen LogP contribution in [-0.4, -0.2) is 21.6 Å². The fraction of sp³-hybridized carbons (Fsp3) is 0.421. The normalized spacial score (nSPS) is 14.9. The molecule has 0 atom stereocenters. The fourth-order valence-electron chi connectivity index (χ4n) is 2.95. The number of pyridine rings is 2. The molecule has 0 bridgehead atoms. The summed E-state index contributed by atoms with van der Waals surface area (Å²) in [4.78, 5) is 28.0. The first kappa shape index (κ1) is 17.2. The topological polar surface area (TPSA) is 73.2 Å². The molecule has 132 valence electrons. The van der Waals surface area contributed by atoms with E-state index in [1.807, 2.05) is 12.1 Å². The van der Waals surface area contributed by atoms with E-state index >= 15 is 0 Å². The average Bonchev–Trinajstić information content (AvgIpc) is 2.63. The van der Waals surface area contributed by atoms with E-state index < -0.39 is 0 Å². The number of hydrogen-bond acceptors (Lipinski definition) is 4. The second-order valence-electron chi connectivity index (χ2n) is 6.43. The standard InChI is InChI=1S/C19H23N3O3/c1-22-10-8-15(12-18(22)23)19(24)21-13-14-7-9-20-17(11-14)25-16-5-3-2-4-6-16/h7-12,16H,2-6,13H2,1H3,(H,21,24). The van der Waals surface area contributed by atoms with Crippen LogP contribution in [-0.2, 0) is 13.6 Å². The van der Waals surface area contributed by atoms with Crippen LogP contribution in [0.5, 0.6) is 5.88 Å². The minimum Gasteiger partial charge on any atom is -0.474 e. The Bertz CT molecular complexity index is 794. The highest BCUT2D eigenvalue weighted by atomic mass is 16.5. The zero-order chi connectivity index (χ0) is 17.6. The Labute approximate surface area is 146 Å². The number of rotatable bonds is 5. The summed E-state index contributed by atoms with van der Waals surface area (Å²) in [6.07, 6.45) is 9.36. The van der Waals surface area contributed by atoms with Crippen LogP contribution < -0.4 is 15.6 Å². The summed E-state index contributed by atoms with van der Waals surface area (Å²) in [5.74, 6) is 0.330. The van der Waals surface area contributed by atoms with Gasteiger partial charge in [0.25, 0.3) is 11.5 Å². The molecule has 1 N–H and O–H groups in total. The lowest BCUT2D eigenvalue weighted by molar-refractivity contribution is 0.0950. The zero-order valence-corrected chi connectivity index (χ0v) is 14.4. The molecule has 1 aliphatic carbocycles. The summed E-state index contributed by atoms with van der Waals surface area (Å²) >= 11 is 0. The number of hydrogen-bond donors (Lipinski definition) is 1. The van der Waals surface area contributed by atoms with Gasteiger partial charge in [-0.05, 0) is 43.4 Å². The Morgan fingerprint density at radius 2 is 2.08 bits per heavy atom. The van der Waals surface area contributed by atoms with E-state index in [2.05, 4.69) is 10.3 Å². The molecule has 2 heterocycles. The van der Waals surface area contributed by atoms with Crippen LogP contribution >= 0.6 is 0 Å². The first-order valence-electron chi connectivity index (χ1n) is 8.68. The van der Waals surface area contributed by atoms with Crippen molar-refractivity contribution in [2.75, 3.05) is 0 Å². The van der Waals surface area contributed by atoms with Crippen molar-refractivity contribution in [1.29, 1.82) is 0 Å². The highest BCUT2D eigenvalue weighted by Crippen LogP contribution is 2.22. The molecule has 0 spiro atoms. The monoisotopic (exact) mass is 341 g/mol. The largest absolute Gasteiger partial charge is 0.474 e. The number of aromatic nitrogens is 2. The van der Waals surface area contributed by atoms with Crippen LogP contribution in [0.2, 0.25) is 0 Å². The van der Waals surface area contributed by atoms with Crippen LogP contribution in [0.3, 0.4) is 0 Å². The molecular formula is C19H23N3O3. The number of ether oxygens (including phenoxy) is 1. The van der Waals surface area contributed by atoms with Gasteiger partial charge < -0.3 is 14.6 Å². The molecule has 0 saturated heterocycles. The van der Waals surface area contributed by atoms with E-state index in [0.29, 0.717) is 18.0 Å². The van der Waals surface area contributed by atoms with Crippen molar-refractivity contribution in [3.63, 3.8) is 0 Å². The Morgan fingerprint density at radius 1 is 1.28 bits per heavy atom. The maximum atomic E-state index is 12.2. The molecule has 1 fully saturated rings. The minimum atomic E-state index is -0.274. The van der Waals surface area contributed by atoms with Crippen LogP contribution in [0.1, 0.15) is 48.0 Å². The maximum absolute atomic E-state index is 12.2. The number of amides is 1. The number of carbonyl (C=O) groups excluding carboxylic acids is 1. The third-order valence-corrected chi connectivity index (χ3v) is 4.46. The van der Waals surface area contributed by atoms with E-state index in [4.69, 9.17) is 4.74 Å². The van der Waals surface area contributed by atoms with Gasteiger partial charge in [0.1, 0.15) is 6.10 Å². The molecule has 1 saturated carbocycles. The van der Waals surface area contributed by atoms with Gasteiger partial charge in [-0.25, -0.2) is 4.98 Å². The molecule has 0 radical (unpaired) electrons. The third-order valence-electron chi connectivity index (χ3n) is 4.46. The number of aryl methyl sites for hydroxylation is 1. The van der Waals surface area contributed by atoms with Crippen LogP contribution in [0.15, 0.2) is 41.5 Å². The van der Waals surface area contributed by atoms with Gasteiger partial charge in [0, 0.05) is 43.7 Å². The highest BCUT2D eigenvalue weighted by molar-refractivity contribution is 5.93. The van der Waals surface area contributed by atoms with Crippen LogP contribution in [0, 0.1) is 0 Å². The molecule has 6 heteroatoms. The van der Waals surface area contributed by atoms with E-state index in [1.54, 1.807) is 25.5 Å². The smallest absolute Gasteiger partial charge is 0.251 e. The first-order chi connectivity index (χ1) is 12.1. The van der Waals surface area contributed by atoms with E-state index in [1.165, 1.54) is 29.9 Å². The summed E-state index contributed by atoms with van der Waals surface area (Å²) in [7, 11) is 1.65. The van der Waals surface area contributed by atoms with Gasteiger partial charge in [0.2, 0.25) is 5.88 Å². The molecule has 1 amide bonds. The Balaban J connectivity index is 1.59. The molecule has 0 aromatic carbocycles. The molecular weight excluding hydrogens is 318 g/mol. The van der Waals surface area contributed by atoms with Gasteiger partial charge in [-0.1, -0.05) is 6.42 Å². The quantitative estimate of drug-likeness (QED) is 0.906. The second kappa shape index (κ2) is 7.96. The predicted octanol–water partition coefficient (Wildman–Crippen LogP) is 2.42. The van der Waals surface area contributed by atoms with Crippen LogP contribution in [0.25, 0.3) is 0 Å². The molecule has 1 aliphatic rings. The van der Waals surface area contributed by atoms with Crippen LogP contribution in [0.4, 0.5) is 0 Å². The Kier molecular flexibility index (Phi) is 5.48. The zero-order valence-electron chi connectivity index (χ0n) is 14.4. The molecule has 0 unspecified atom stereocenters. The molecule has 6 nitrogen and oxygen atoms in total. The summed E-state index contributed by atoms with van der Waals surface area (Å²) in [6.45, 7) is 0.359. The van der Waals surface area contributed by atoms with E-state index in [0.717, 1.165) is 18.4 Å². The minimum absolute atomic E-state index is 0.209. The SMILES string of the molecule is Cn1ccc(C(=O)NCc2ccnc(OC3CCCCC3)c2)cc1=O. The fourth-order valence-corrected chi connectivity index (χ4v) is 2.95. The lowest BCUT2D eigenvalue weighted by Gasteiger charge is -2.22. The van der Waals surface area contributed by atoms with Gasteiger partial charge in [-0.15, -0.1) is 0 Å². The van der Waals surface area contributed by atoms with Gasteiger partial charge >= 0.3 is 0 Å². The number of nitrogens with one attached hydrogen (secondary N) is 1. The van der Waals surface area contributed by atoms with Crippen molar-refractivity contribution in [1.82, 2.24) is 14.9 Å². The van der Waals surface area contributed by atoms with Crippen molar-refractivity contribution in [3.05, 3.63) is 58.1 Å². The highest BCUT2D eigenvalue weighted by Gasteiger charge is 2.15. The lowest BCUT2D eigenvalue weighted by atomic mass is 9.98. The Morgan fingerprint density at radius 3 is 2.84 bits per heavy atom. The number of nitrogens with zero attached hydrogens (tertiary/aromatic N) is 2. The third kappa shape index (κ3) is 4.68. The van der Waals surface area contributed by atoms with Gasteiger partial charge in [-0.2, -0.15) is 0 Å². The first-order valence-corrected chi connectivity index (χ1v) is 8.68. The van der Waals surface area contributed by atoms with Crippen molar-refractivity contribution < 1.29 is 9.53 Å². The maximum Gasteiger partial charge on any atom is 0.251 e. The van der Waals surface area contributed by atoms with Gasteiger partial charge in [-0.3, -0.25) is 9.59 Å². The Hall–Kier alpha value is -2.63. The van der Waals surface area contributed by atoms with E-state index in [-0.39, 0.29) is 17.6 Å². The molecule has 25 heavy (non-hydrogen) atoms. The van der Waals surface area contributed by atoms with Crippen molar-refractivity contribution in [2.45, 2.75) is 44.8 Å². The van der Waals surface area contributed by atoms with Crippen molar-refractivity contribution >= 4 is 5.91 Å².